The second-order valence-electron chi connectivity index (χ2n) is 3.47. The fourth-order valence-corrected chi connectivity index (χ4v) is 1.69. The van der Waals surface area contributed by atoms with Gasteiger partial charge in [0.05, 0.1) is 11.4 Å². The average molecular weight is 293 g/mol. The first-order valence-electron chi connectivity index (χ1n) is 5.35. The van der Waals surface area contributed by atoms with E-state index in [1.54, 1.807) is 28.7 Å². The van der Waals surface area contributed by atoms with Crippen molar-refractivity contribution in [2.75, 3.05) is 5.48 Å². The van der Waals surface area contributed by atoms with Crippen LogP contribution < -0.4 is 11.3 Å². The summed E-state index contributed by atoms with van der Waals surface area (Å²) < 4.78 is 2.06. The minimum absolute atomic E-state index is 0.378. The van der Waals surface area contributed by atoms with E-state index in [-0.39, 0.29) is 0 Å². The number of hydrogen-bond donors (Lipinski definition) is 2. The van der Waals surface area contributed by atoms with Crippen molar-refractivity contribution in [3.8, 4) is 5.69 Å². The van der Waals surface area contributed by atoms with E-state index in [0.717, 1.165) is 12.1 Å². The number of aryl methyl sites for hydroxylation is 1. The number of nitrogens with one attached hydrogen (secondary N) is 1. The molecule has 0 spiro atoms. The van der Waals surface area contributed by atoms with E-state index in [2.05, 4.69) is 31.3 Å². The molecule has 0 saturated carbocycles. The van der Waals surface area contributed by atoms with Gasteiger partial charge in [0.15, 0.2) is 0 Å². The lowest BCUT2D eigenvalue weighted by molar-refractivity contribution is 0.410. The molecular formula is C9H11N9OS. The summed E-state index contributed by atoms with van der Waals surface area (Å²) in [5.41, 5.74) is 4.19. The summed E-state index contributed by atoms with van der Waals surface area (Å²) in [6.07, 6.45) is 1.06. The van der Waals surface area contributed by atoms with E-state index in [4.69, 9.17) is 22.9 Å². The highest BCUT2D eigenvalue weighted by Gasteiger charge is 2.03. The lowest BCUT2D eigenvalue weighted by atomic mass is 10.3. The molecule has 2 rings (SSSR count). The molecule has 0 bridgehead atoms. The van der Waals surface area contributed by atoms with Gasteiger partial charge < -0.3 is 10.7 Å². The van der Waals surface area contributed by atoms with E-state index < -0.39 is 0 Å². The topological polar surface area (TPSA) is 120 Å². The fourth-order valence-electron chi connectivity index (χ4n) is 1.43. The zero-order valence-electron chi connectivity index (χ0n) is 10.4. The Hall–Kier alpha value is -2.82. The maximum absolute atomic E-state index is 5.08. The van der Waals surface area contributed by atoms with E-state index in [9.17, 15) is 0 Å². The Kier molecular flexibility index (Phi) is 4.34. The lowest BCUT2D eigenvalue weighted by Gasteiger charge is -2.07. The van der Waals surface area contributed by atoms with E-state index >= 15 is 0 Å². The van der Waals surface area contributed by atoms with Gasteiger partial charge in [-0.25, -0.2) is 10.2 Å². The Morgan fingerprint density at radius 3 is 2.75 bits per heavy atom. The zero-order chi connectivity index (χ0) is 14.4. The summed E-state index contributed by atoms with van der Waals surface area (Å²) in [5, 5.41) is 17.1. The third-order valence-electron chi connectivity index (χ3n) is 2.22. The number of nitrogens with zero attached hydrogens (tertiary/aromatic N) is 7. The minimum atomic E-state index is 0.378. The van der Waals surface area contributed by atoms with Crippen molar-refractivity contribution in [2.45, 2.75) is 0 Å². The summed E-state index contributed by atoms with van der Waals surface area (Å²) in [7, 11) is 1.75. The Morgan fingerprint density at radius 2 is 2.15 bits per heavy atom. The van der Waals surface area contributed by atoms with Gasteiger partial charge in [0.25, 0.3) is 0 Å². The molecule has 0 radical (unpaired) electrons. The maximum Gasteiger partial charge on any atom is 0.243 e. The van der Waals surface area contributed by atoms with E-state index in [1.807, 2.05) is 12.1 Å². The molecule has 0 aliphatic carbocycles. The summed E-state index contributed by atoms with van der Waals surface area (Å²) in [6, 6.07) is 7.26. The van der Waals surface area contributed by atoms with Gasteiger partial charge in [0.2, 0.25) is 11.2 Å². The molecule has 2 aromatic rings. The Balaban J connectivity index is 2.05. The average Bonchev–Trinajstić information content (AvgIpc) is 2.79. The second kappa shape index (κ2) is 6.38. The summed E-state index contributed by atoms with van der Waals surface area (Å²) in [6.45, 7) is 0. The van der Waals surface area contributed by atoms with Crippen molar-refractivity contribution in [1.82, 2.24) is 19.8 Å². The Labute approximate surface area is 118 Å². The van der Waals surface area contributed by atoms with Crippen molar-refractivity contribution in [2.24, 2.45) is 28.4 Å². The molecule has 0 aliphatic rings. The van der Waals surface area contributed by atoms with Crippen LogP contribution in [0.2, 0.25) is 0 Å². The van der Waals surface area contributed by atoms with Crippen LogP contribution in [0.5, 0.6) is 0 Å². The Morgan fingerprint density at radius 1 is 1.40 bits per heavy atom. The normalized spacial score (nSPS) is 11.2. The quantitative estimate of drug-likeness (QED) is 0.211. The van der Waals surface area contributed by atoms with Crippen LogP contribution in [-0.2, 0) is 11.9 Å². The molecule has 0 aliphatic heterocycles. The summed E-state index contributed by atoms with van der Waals surface area (Å²) >= 11 is 5.08. The first kappa shape index (κ1) is 13.6. The van der Waals surface area contributed by atoms with Gasteiger partial charge in [-0.05, 0) is 46.9 Å². The first-order valence-corrected chi connectivity index (χ1v) is 5.76. The second-order valence-corrected chi connectivity index (χ2v) is 3.83. The molecule has 1 aromatic heterocycles. The molecule has 0 unspecified atom stereocenters. The highest BCUT2D eigenvalue weighted by Crippen LogP contribution is 2.12. The van der Waals surface area contributed by atoms with E-state index in [0.29, 0.717) is 10.5 Å². The molecule has 1 aromatic carbocycles. The van der Waals surface area contributed by atoms with Crippen LogP contribution in [-0.4, -0.2) is 26.2 Å². The number of rotatable bonds is 5. The van der Waals surface area contributed by atoms with Gasteiger partial charge in [-0.15, -0.1) is 0 Å². The third kappa shape index (κ3) is 3.14. The third-order valence-corrected chi connectivity index (χ3v) is 2.48. The number of aromatic nitrogens is 4. The SMILES string of the molecule is Cn1nnc(=S)n1-c1ccc(NO/C=N/N=N/N)cc1. The van der Waals surface area contributed by atoms with Gasteiger partial charge in [0, 0.05) is 7.05 Å². The van der Waals surface area contributed by atoms with Gasteiger partial charge in [0.1, 0.15) is 0 Å². The van der Waals surface area contributed by atoms with Crippen LogP contribution >= 0.6 is 12.2 Å². The van der Waals surface area contributed by atoms with Crippen molar-refractivity contribution in [3.63, 3.8) is 0 Å². The first-order chi connectivity index (χ1) is 9.72. The molecule has 3 N–H and O–H groups in total. The molecule has 0 atom stereocenters. The van der Waals surface area contributed by atoms with Crippen LogP contribution in [0.25, 0.3) is 5.69 Å². The molecular weight excluding hydrogens is 282 g/mol. The molecule has 0 fully saturated rings. The smallest absolute Gasteiger partial charge is 0.243 e. The molecule has 104 valence electrons. The van der Waals surface area contributed by atoms with Crippen LogP contribution in [0, 0.1) is 4.77 Å². The highest BCUT2D eigenvalue weighted by molar-refractivity contribution is 7.71. The van der Waals surface area contributed by atoms with Gasteiger partial charge in [-0.2, -0.15) is 4.80 Å². The Bertz CT molecular complexity index is 671. The molecule has 10 nitrogen and oxygen atoms in total. The number of tetrazole rings is 1. The van der Waals surface area contributed by atoms with Crippen LogP contribution in [0.3, 0.4) is 0 Å². The number of nitrogens with two attached hydrogens (primary N) is 1. The monoisotopic (exact) mass is 293 g/mol. The van der Waals surface area contributed by atoms with E-state index in [1.165, 1.54) is 0 Å². The summed E-state index contributed by atoms with van der Waals surface area (Å²) in [5.74, 6) is 4.75. The standard InChI is InChI=1S/C9H11N9OS/c1-17-16-12-9(20)18(17)8-4-2-7(3-5-8)13-19-6-11-15-14-10/h2-6,13H,1H3,(H2,10,15)/b11-6+. The predicted molar refractivity (Wildman–Crippen MR) is 73.4 cm³/mol. The van der Waals surface area contributed by atoms with Gasteiger partial charge in [-0.3, -0.25) is 0 Å². The van der Waals surface area contributed by atoms with Gasteiger partial charge in [-0.1, -0.05) is 15.4 Å². The van der Waals surface area contributed by atoms with Crippen LogP contribution in [0.1, 0.15) is 0 Å². The molecule has 1 heterocycles. The molecule has 0 amide bonds. The number of benzene rings is 1. The molecule has 0 saturated heterocycles. The largest absolute Gasteiger partial charge is 0.368 e. The number of hydrogen-bond acceptors (Lipinski definition) is 7. The maximum atomic E-state index is 5.08. The molecule has 11 heteroatoms. The fraction of sp³-hybridized carbons (Fsp3) is 0.111. The highest BCUT2D eigenvalue weighted by atomic mass is 32.1. The van der Waals surface area contributed by atoms with Crippen molar-refractivity contribution >= 4 is 24.3 Å². The predicted octanol–water partition coefficient (Wildman–Crippen LogP) is 0.948. The van der Waals surface area contributed by atoms with Crippen molar-refractivity contribution in [3.05, 3.63) is 29.0 Å². The van der Waals surface area contributed by atoms with Crippen molar-refractivity contribution < 1.29 is 4.84 Å². The number of anilines is 1. The van der Waals surface area contributed by atoms with Crippen LogP contribution in [0.4, 0.5) is 5.69 Å². The summed E-state index contributed by atoms with van der Waals surface area (Å²) in [4.78, 5) is 6.44. The van der Waals surface area contributed by atoms with Gasteiger partial charge >= 0.3 is 0 Å². The minimum Gasteiger partial charge on any atom is -0.368 e. The van der Waals surface area contributed by atoms with Crippen molar-refractivity contribution in [1.29, 1.82) is 0 Å². The lowest BCUT2D eigenvalue weighted by Crippen LogP contribution is -2.08. The molecule has 20 heavy (non-hydrogen) atoms. The van der Waals surface area contributed by atoms with Crippen LogP contribution in [0.15, 0.2) is 39.8 Å². The zero-order valence-corrected chi connectivity index (χ0v) is 11.2.